The molecular weight excluding hydrogens is 451 g/mol. The first kappa shape index (κ1) is 21.2. The molecule has 0 bridgehead atoms. The van der Waals surface area contributed by atoms with E-state index in [0.717, 1.165) is 9.37 Å². The Labute approximate surface area is 172 Å². The van der Waals surface area contributed by atoms with Crippen molar-refractivity contribution >= 4 is 26.0 Å². The molecule has 1 saturated heterocycles. The normalized spacial score (nSPS) is 17.4. The van der Waals surface area contributed by atoms with Crippen LogP contribution in [0.3, 0.4) is 0 Å². The zero-order valence-electron chi connectivity index (χ0n) is 15.2. The molecule has 28 heavy (non-hydrogen) atoms. The Balaban J connectivity index is 1.49. The van der Waals surface area contributed by atoms with Gasteiger partial charge in [-0.2, -0.15) is 4.31 Å². The molecule has 0 unspecified atom stereocenters. The van der Waals surface area contributed by atoms with E-state index in [2.05, 4.69) is 15.9 Å². The number of hydrogen-bond acceptors (Lipinski definition) is 4. The molecule has 3 rings (SSSR count). The number of piperazine rings is 1. The minimum Gasteiger partial charge on any atom is -0.488 e. The molecule has 0 aliphatic carbocycles. The summed E-state index contributed by atoms with van der Waals surface area (Å²) in [5.41, 5.74) is 0. The van der Waals surface area contributed by atoms with Gasteiger partial charge in [0.15, 0.2) is 11.6 Å². The van der Waals surface area contributed by atoms with Gasteiger partial charge in [0.25, 0.3) is 0 Å². The molecule has 0 spiro atoms. The monoisotopic (exact) mass is 473 g/mol. The largest absolute Gasteiger partial charge is 0.488 e. The van der Waals surface area contributed by atoms with Gasteiger partial charge in [-0.05, 0) is 30.3 Å². The van der Waals surface area contributed by atoms with Crippen LogP contribution in [0.15, 0.2) is 57.9 Å². The summed E-state index contributed by atoms with van der Waals surface area (Å²) < 4.78 is 46.6. The number of para-hydroxylation sites is 1. The Morgan fingerprint density at radius 1 is 1.18 bits per heavy atom. The number of rotatable bonds is 7. The van der Waals surface area contributed by atoms with Crippen molar-refractivity contribution < 1.29 is 27.6 Å². The molecule has 0 radical (unpaired) electrons. The summed E-state index contributed by atoms with van der Waals surface area (Å²) in [6.45, 7) is 2.34. The highest BCUT2D eigenvalue weighted by Crippen LogP contribution is 2.20. The second-order valence-electron chi connectivity index (χ2n) is 6.71. The van der Waals surface area contributed by atoms with Gasteiger partial charge in [-0.3, -0.25) is 0 Å². The topological polar surface area (TPSA) is 71.3 Å². The Hall–Kier alpha value is -1.52. The quantitative estimate of drug-likeness (QED) is 0.627. The lowest BCUT2D eigenvalue weighted by molar-refractivity contribution is -0.906. The molecule has 2 aromatic rings. The molecule has 0 saturated carbocycles. The fourth-order valence-corrected chi connectivity index (χ4v) is 5.20. The summed E-state index contributed by atoms with van der Waals surface area (Å²) in [6, 6.07) is 12.7. The van der Waals surface area contributed by atoms with Crippen molar-refractivity contribution in [3.63, 3.8) is 0 Å². The van der Waals surface area contributed by atoms with Gasteiger partial charge >= 0.3 is 0 Å². The van der Waals surface area contributed by atoms with Crippen LogP contribution in [0, 0.1) is 5.82 Å². The molecule has 1 atom stereocenters. The maximum absolute atomic E-state index is 13.5. The summed E-state index contributed by atoms with van der Waals surface area (Å²) in [6.07, 6.45) is -0.761. The number of halogens is 2. The van der Waals surface area contributed by atoms with Crippen LogP contribution >= 0.6 is 15.9 Å². The second-order valence-corrected chi connectivity index (χ2v) is 9.56. The van der Waals surface area contributed by atoms with Crippen LogP contribution < -0.4 is 9.64 Å². The molecule has 1 aliphatic heterocycles. The number of nitrogens with one attached hydrogen (secondary N) is 1. The number of aliphatic hydroxyl groups excluding tert-OH is 1. The molecule has 1 aliphatic rings. The van der Waals surface area contributed by atoms with Crippen molar-refractivity contribution in [1.29, 1.82) is 0 Å². The summed E-state index contributed by atoms with van der Waals surface area (Å²) in [4.78, 5) is 1.36. The Morgan fingerprint density at radius 3 is 2.57 bits per heavy atom. The number of hydrogen-bond donors (Lipinski definition) is 2. The van der Waals surface area contributed by atoms with E-state index in [1.807, 2.05) is 0 Å². The highest BCUT2D eigenvalue weighted by Gasteiger charge is 2.31. The van der Waals surface area contributed by atoms with Gasteiger partial charge in [0.05, 0.1) is 31.1 Å². The highest BCUT2D eigenvalue weighted by molar-refractivity contribution is 9.10. The Morgan fingerprint density at radius 2 is 1.89 bits per heavy atom. The lowest BCUT2D eigenvalue weighted by Gasteiger charge is -2.32. The van der Waals surface area contributed by atoms with Crippen LogP contribution in [-0.4, -0.2) is 63.3 Å². The standard InChI is InChI=1S/C19H22BrFN2O4S/c20-15-4-3-5-17(12-15)28(25,26)23-10-8-22(9-11-23)13-16(24)14-27-19-7-2-1-6-18(19)21/h1-7,12,16,24H,8-11,13-14H2/p+1/t16-/m1/s1. The van der Waals surface area contributed by atoms with Crippen LogP contribution in [0.5, 0.6) is 5.75 Å². The number of benzene rings is 2. The third kappa shape index (κ3) is 5.30. The van der Waals surface area contributed by atoms with E-state index in [1.165, 1.54) is 16.4 Å². The maximum atomic E-state index is 13.5. The van der Waals surface area contributed by atoms with Gasteiger partial charge in [0.1, 0.15) is 19.3 Å². The van der Waals surface area contributed by atoms with Crippen molar-refractivity contribution in [2.45, 2.75) is 11.0 Å². The van der Waals surface area contributed by atoms with E-state index in [4.69, 9.17) is 4.74 Å². The summed E-state index contributed by atoms with van der Waals surface area (Å²) in [5.74, 6) is -0.352. The van der Waals surface area contributed by atoms with E-state index in [9.17, 15) is 17.9 Å². The molecule has 2 aromatic carbocycles. The van der Waals surface area contributed by atoms with Gasteiger partial charge in [-0.1, -0.05) is 34.1 Å². The van der Waals surface area contributed by atoms with Crippen LogP contribution in [0.4, 0.5) is 4.39 Å². The first-order valence-electron chi connectivity index (χ1n) is 9.01. The third-order valence-corrected chi connectivity index (χ3v) is 7.04. The molecule has 0 amide bonds. The highest BCUT2D eigenvalue weighted by atomic mass is 79.9. The maximum Gasteiger partial charge on any atom is 0.243 e. The average molecular weight is 474 g/mol. The van der Waals surface area contributed by atoms with Crippen molar-refractivity contribution in [2.75, 3.05) is 39.3 Å². The predicted octanol–water partition coefficient (Wildman–Crippen LogP) is 0.917. The smallest absolute Gasteiger partial charge is 0.243 e. The molecule has 1 fully saturated rings. The van der Waals surface area contributed by atoms with E-state index >= 15 is 0 Å². The zero-order chi connectivity index (χ0) is 20.1. The van der Waals surface area contributed by atoms with Crippen LogP contribution in [0.2, 0.25) is 0 Å². The van der Waals surface area contributed by atoms with Gasteiger partial charge in [-0.25, -0.2) is 12.8 Å². The van der Waals surface area contributed by atoms with Gasteiger partial charge in [0.2, 0.25) is 10.0 Å². The van der Waals surface area contributed by atoms with E-state index < -0.39 is 21.9 Å². The van der Waals surface area contributed by atoms with Crippen LogP contribution in [-0.2, 0) is 10.0 Å². The molecule has 1 heterocycles. The van der Waals surface area contributed by atoms with Gasteiger partial charge in [0, 0.05) is 4.47 Å². The molecule has 2 N–H and O–H groups in total. The fraction of sp³-hybridized carbons (Fsp3) is 0.368. The Kier molecular flexibility index (Phi) is 7.05. The number of sulfonamides is 1. The summed E-state index contributed by atoms with van der Waals surface area (Å²) in [5, 5.41) is 10.2. The number of ether oxygens (including phenoxy) is 1. The van der Waals surface area contributed by atoms with E-state index in [0.29, 0.717) is 32.7 Å². The zero-order valence-corrected chi connectivity index (χ0v) is 17.6. The van der Waals surface area contributed by atoms with Crippen LogP contribution in [0.25, 0.3) is 0 Å². The fourth-order valence-electron chi connectivity index (χ4n) is 3.16. The molecule has 152 valence electrons. The molecule has 9 heteroatoms. The van der Waals surface area contributed by atoms with Crippen LogP contribution in [0.1, 0.15) is 0 Å². The number of aliphatic hydroxyl groups is 1. The third-order valence-electron chi connectivity index (χ3n) is 4.66. The second kappa shape index (κ2) is 9.32. The predicted molar refractivity (Wildman–Crippen MR) is 106 cm³/mol. The SMILES string of the molecule is O=S(=O)(c1cccc(Br)c1)N1CC[NH+](C[C@@H](O)COc2ccccc2F)CC1. The average Bonchev–Trinajstić information content (AvgIpc) is 2.68. The van der Waals surface area contributed by atoms with Crippen molar-refractivity contribution in [2.24, 2.45) is 0 Å². The van der Waals surface area contributed by atoms with Gasteiger partial charge < -0.3 is 14.7 Å². The molecular formula is C19H23BrFN2O4S+. The lowest BCUT2D eigenvalue weighted by Crippen LogP contribution is -3.15. The van der Waals surface area contributed by atoms with E-state index in [1.54, 1.807) is 36.4 Å². The van der Waals surface area contributed by atoms with Crippen molar-refractivity contribution in [3.8, 4) is 5.75 Å². The minimum absolute atomic E-state index is 0.00944. The first-order valence-corrected chi connectivity index (χ1v) is 11.2. The number of nitrogens with zero attached hydrogens (tertiary/aromatic N) is 1. The first-order chi connectivity index (χ1) is 13.4. The van der Waals surface area contributed by atoms with E-state index in [-0.39, 0.29) is 17.3 Å². The number of quaternary nitrogens is 1. The minimum atomic E-state index is -3.53. The summed E-state index contributed by atoms with van der Waals surface area (Å²) >= 11 is 3.30. The Bertz CT molecular complexity index is 904. The van der Waals surface area contributed by atoms with Gasteiger partial charge in [-0.15, -0.1) is 0 Å². The van der Waals surface area contributed by atoms with Crippen molar-refractivity contribution in [1.82, 2.24) is 4.31 Å². The lowest BCUT2D eigenvalue weighted by atomic mass is 10.3. The molecule has 6 nitrogen and oxygen atoms in total. The summed E-state index contributed by atoms with van der Waals surface area (Å²) in [7, 11) is -3.53. The molecule has 0 aromatic heterocycles. The van der Waals surface area contributed by atoms with Crippen molar-refractivity contribution in [3.05, 3.63) is 58.8 Å².